The van der Waals surface area contributed by atoms with Gasteiger partial charge in [0.15, 0.2) is 6.61 Å². The molecule has 2 rings (SSSR count). The number of benzene rings is 2. The number of aliphatic hydroxyl groups is 1. The van der Waals surface area contributed by atoms with E-state index in [2.05, 4.69) is 21.3 Å². The fourth-order valence-electron chi connectivity index (χ4n) is 2.20. The lowest BCUT2D eigenvalue weighted by Crippen LogP contribution is -2.26. The van der Waals surface area contributed by atoms with Gasteiger partial charge in [0.25, 0.3) is 11.8 Å². The maximum absolute atomic E-state index is 14.6. The molecule has 0 fully saturated rings. The number of halogens is 3. The van der Waals surface area contributed by atoms with Crippen molar-refractivity contribution < 1.29 is 33.2 Å². The lowest BCUT2D eigenvalue weighted by molar-refractivity contribution is -0.125. The highest BCUT2D eigenvalue weighted by molar-refractivity contribution is 14.1. The summed E-state index contributed by atoms with van der Waals surface area (Å²) in [5.74, 6) is -2.59. The highest BCUT2D eigenvalue weighted by Gasteiger charge is 2.17. The van der Waals surface area contributed by atoms with Crippen molar-refractivity contribution in [2.45, 2.75) is 0 Å². The molecule has 0 spiro atoms. The number of hydroxylamine groups is 1. The van der Waals surface area contributed by atoms with Crippen molar-refractivity contribution in [3.63, 3.8) is 0 Å². The number of amides is 2. The molecule has 166 valence electrons. The van der Waals surface area contributed by atoms with Gasteiger partial charge in [-0.05, 0) is 52.9 Å². The van der Waals surface area contributed by atoms with Crippen LogP contribution in [0.15, 0.2) is 35.5 Å². The SMILES string of the molecule is CNC(=O)CO/N=C/c1cc(C(=O)NOCCO)c(Nc2ccc(I)cc2F)cc1F. The molecule has 0 bridgehead atoms. The van der Waals surface area contributed by atoms with E-state index in [-0.39, 0.29) is 42.3 Å². The van der Waals surface area contributed by atoms with Crippen LogP contribution in [0.2, 0.25) is 0 Å². The Balaban J connectivity index is 2.34. The number of nitrogens with one attached hydrogen (secondary N) is 3. The molecule has 0 atom stereocenters. The van der Waals surface area contributed by atoms with E-state index in [4.69, 9.17) is 14.8 Å². The molecular formula is C19H19F2IN4O5. The van der Waals surface area contributed by atoms with Crippen molar-refractivity contribution in [2.24, 2.45) is 5.16 Å². The highest BCUT2D eigenvalue weighted by atomic mass is 127. The average Bonchev–Trinajstić information content (AvgIpc) is 2.74. The van der Waals surface area contributed by atoms with E-state index in [1.165, 1.54) is 19.2 Å². The number of hydrogen-bond acceptors (Lipinski definition) is 7. The minimum Gasteiger partial charge on any atom is -0.394 e. The molecule has 0 radical (unpaired) electrons. The second kappa shape index (κ2) is 12.1. The number of oxime groups is 1. The number of rotatable bonds is 10. The zero-order valence-corrected chi connectivity index (χ0v) is 18.4. The first-order valence-corrected chi connectivity index (χ1v) is 9.88. The van der Waals surface area contributed by atoms with Crippen molar-refractivity contribution in [3.8, 4) is 0 Å². The molecule has 0 saturated heterocycles. The van der Waals surface area contributed by atoms with Crippen LogP contribution >= 0.6 is 22.6 Å². The molecule has 9 nitrogen and oxygen atoms in total. The molecule has 2 aromatic carbocycles. The van der Waals surface area contributed by atoms with Crippen LogP contribution in [0.3, 0.4) is 0 Å². The number of carbonyl (C=O) groups is 2. The molecule has 0 aliphatic carbocycles. The van der Waals surface area contributed by atoms with Crippen LogP contribution < -0.4 is 16.1 Å². The van der Waals surface area contributed by atoms with Crippen molar-refractivity contribution in [1.82, 2.24) is 10.8 Å². The summed E-state index contributed by atoms with van der Waals surface area (Å²) in [7, 11) is 1.42. The van der Waals surface area contributed by atoms with Gasteiger partial charge in [-0.3, -0.25) is 14.4 Å². The summed E-state index contributed by atoms with van der Waals surface area (Å²) in [6, 6.07) is 6.48. The molecule has 2 amide bonds. The van der Waals surface area contributed by atoms with Gasteiger partial charge in [-0.25, -0.2) is 14.3 Å². The lowest BCUT2D eigenvalue weighted by Gasteiger charge is -2.14. The minimum atomic E-state index is -0.784. The van der Waals surface area contributed by atoms with Crippen LogP contribution in [0.25, 0.3) is 0 Å². The van der Waals surface area contributed by atoms with E-state index in [1.54, 1.807) is 6.07 Å². The summed E-state index contributed by atoms with van der Waals surface area (Å²) in [6.45, 7) is -0.866. The maximum Gasteiger partial charge on any atom is 0.276 e. The number of likely N-dealkylation sites (N-methyl/N-ethyl adjacent to an activating group) is 1. The average molecular weight is 548 g/mol. The van der Waals surface area contributed by atoms with E-state index in [0.29, 0.717) is 3.57 Å². The second-order valence-electron chi connectivity index (χ2n) is 5.85. The number of carbonyl (C=O) groups excluding carboxylic acids is 2. The summed E-state index contributed by atoms with van der Waals surface area (Å²) < 4.78 is 29.4. The van der Waals surface area contributed by atoms with E-state index in [1.807, 2.05) is 22.6 Å². The van der Waals surface area contributed by atoms with Gasteiger partial charge in [-0.15, -0.1) is 0 Å². The van der Waals surface area contributed by atoms with Gasteiger partial charge in [0.05, 0.1) is 36.4 Å². The first kappa shape index (κ1) is 24.4. The predicted molar refractivity (Wildman–Crippen MR) is 117 cm³/mol. The topological polar surface area (TPSA) is 121 Å². The second-order valence-corrected chi connectivity index (χ2v) is 7.10. The number of anilines is 2. The normalized spacial score (nSPS) is 10.7. The number of aliphatic hydroxyl groups excluding tert-OH is 1. The number of hydrogen-bond donors (Lipinski definition) is 4. The molecular weight excluding hydrogens is 529 g/mol. The van der Waals surface area contributed by atoms with Gasteiger partial charge in [-0.2, -0.15) is 0 Å². The fourth-order valence-corrected chi connectivity index (χ4v) is 2.65. The summed E-state index contributed by atoms with van der Waals surface area (Å²) in [5.41, 5.74) is 1.87. The van der Waals surface area contributed by atoms with Crippen LogP contribution in [0.5, 0.6) is 0 Å². The molecule has 0 aliphatic rings. The van der Waals surface area contributed by atoms with Gasteiger partial charge < -0.3 is 20.6 Å². The molecule has 0 aliphatic heterocycles. The van der Waals surface area contributed by atoms with Crippen molar-refractivity contribution in [3.05, 3.63) is 56.7 Å². The predicted octanol–water partition coefficient (Wildman–Crippen LogP) is 2.06. The van der Waals surface area contributed by atoms with E-state index in [0.717, 1.165) is 18.3 Å². The summed E-state index contributed by atoms with van der Waals surface area (Å²) in [5, 5.41) is 17.3. The van der Waals surface area contributed by atoms with Crippen molar-refractivity contribution in [1.29, 1.82) is 0 Å². The Hall–Kier alpha value is -2.84. The van der Waals surface area contributed by atoms with Gasteiger partial charge in [0, 0.05) is 16.2 Å². The number of nitrogens with zero attached hydrogens (tertiary/aromatic N) is 1. The van der Waals surface area contributed by atoms with Crippen LogP contribution in [-0.4, -0.2) is 50.0 Å². The molecule has 0 unspecified atom stereocenters. The first-order chi connectivity index (χ1) is 14.8. The Labute approximate surface area is 189 Å². The zero-order valence-electron chi connectivity index (χ0n) is 16.2. The molecule has 12 heteroatoms. The largest absolute Gasteiger partial charge is 0.394 e. The monoisotopic (exact) mass is 548 g/mol. The fraction of sp³-hybridized carbons (Fsp3) is 0.211. The molecule has 0 aromatic heterocycles. The Kier molecular flexibility index (Phi) is 9.55. The minimum absolute atomic E-state index is 0.0282. The Morgan fingerprint density at radius 3 is 2.65 bits per heavy atom. The van der Waals surface area contributed by atoms with Crippen molar-refractivity contribution >= 4 is 52.0 Å². The van der Waals surface area contributed by atoms with E-state index >= 15 is 0 Å². The highest BCUT2D eigenvalue weighted by Crippen LogP contribution is 2.27. The van der Waals surface area contributed by atoms with Gasteiger partial charge >= 0.3 is 0 Å². The summed E-state index contributed by atoms with van der Waals surface area (Å²) in [4.78, 5) is 33.2. The third kappa shape index (κ3) is 7.41. The standard InChI is InChI=1S/C19H19F2IN4O5/c1-23-18(28)10-31-24-9-11-6-13(19(29)26-30-5-4-27)17(8-14(11)20)25-16-3-2-12(22)7-15(16)21/h2-3,6-9,25,27H,4-5,10H2,1H3,(H,23,28)(H,26,29)/b24-9+. The van der Waals surface area contributed by atoms with E-state index < -0.39 is 23.4 Å². The van der Waals surface area contributed by atoms with Gasteiger partial charge in [0.1, 0.15) is 11.6 Å². The van der Waals surface area contributed by atoms with Crippen LogP contribution in [0.4, 0.5) is 20.2 Å². The summed E-state index contributed by atoms with van der Waals surface area (Å²) in [6.07, 6.45) is 0.985. The molecule has 0 heterocycles. The third-order valence-corrected chi connectivity index (χ3v) is 4.35. The lowest BCUT2D eigenvalue weighted by atomic mass is 10.1. The van der Waals surface area contributed by atoms with Crippen LogP contribution in [0, 0.1) is 15.2 Å². The molecule has 4 N–H and O–H groups in total. The Morgan fingerprint density at radius 2 is 1.97 bits per heavy atom. The first-order valence-electron chi connectivity index (χ1n) is 8.80. The third-order valence-electron chi connectivity index (χ3n) is 3.68. The van der Waals surface area contributed by atoms with Crippen molar-refractivity contribution in [2.75, 3.05) is 32.2 Å². The Bertz CT molecular complexity index is 975. The molecule has 0 saturated carbocycles. The summed E-state index contributed by atoms with van der Waals surface area (Å²) >= 11 is 1.94. The zero-order chi connectivity index (χ0) is 22.8. The van der Waals surface area contributed by atoms with Gasteiger partial charge in [-0.1, -0.05) is 5.16 Å². The molecule has 31 heavy (non-hydrogen) atoms. The van der Waals surface area contributed by atoms with Crippen LogP contribution in [-0.2, 0) is 14.5 Å². The maximum atomic E-state index is 14.6. The Morgan fingerprint density at radius 1 is 1.19 bits per heavy atom. The van der Waals surface area contributed by atoms with Gasteiger partial charge in [0.2, 0.25) is 0 Å². The quantitative estimate of drug-likeness (QED) is 0.156. The van der Waals surface area contributed by atoms with E-state index in [9.17, 15) is 18.4 Å². The molecule has 2 aromatic rings. The van der Waals surface area contributed by atoms with Crippen LogP contribution in [0.1, 0.15) is 15.9 Å². The smallest absolute Gasteiger partial charge is 0.276 e.